The highest BCUT2D eigenvalue weighted by molar-refractivity contribution is 6.02. The van der Waals surface area contributed by atoms with Crippen molar-refractivity contribution in [1.82, 2.24) is 9.97 Å². The second kappa shape index (κ2) is 8.70. The normalized spacial score (nSPS) is 15.6. The number of aromatic nitrogens is 2. The molecule has 0 bridgehead atoms. The number of anilines is 1. The topological polar surface area (TPSA) is 63.3 Å². The van der Waals surface area contributed by atoms with Gasteiger partial charge in [0.25, 0.3) is 0 Å². The van der Waals surface area contributed by atoms with Gasteiger partial charge in [0, 0.05) is 23.7 Å². The molecule has 0 aliphatic carbocycles. The molecule has 0 radical (unpaired) electrons. The smallest absolute Gasteiger partial charge is 0.222 e. The molecule has 7 heteroatoms. The Morgan fingerprint density at radius 2 is 1.66 bits per heavy atom. The van der Waals surface area contributed by atoms with E-state index in [4.69, 9.17) is 4.42 Å². The molecule has 2 aromatic heterocycles. The summed E-state index contributed by atoms with van der Waals surface area (Å²) in [6.07, 6.45) is 6.42. The number of nitrogens with one attached hydrogen (secondary N) is 1. The molecule has 4 aromatic rings. The minimum Gasteiger partial charge on any atom is -0.467 e. The van der Waals surface area contributed by atoms with Gasteiger partial charge in [0.1, 0.15) is 17.4 Å². The molecule has 1 unspecified atom stereocenters. The monoisotopic (exact) mass is 430 g/mol. The van der Waals surface area contributed by atoms with Crippen molar-refractivity contribution in [2.24, 2.45) is 4.99 Å². The summed E-state index contributed by atoms with van der Waals surface area (Å²) in [4.78, 5) is 13.3. The van der Waals surface area contributed by atoms with Crippen LogP contribution >= 0.6 is 0 Å². The zero-order valence-corrected chi connectivity index (χ0v) is 17.1. The van der Waals surface area contributed by atoms with Crippen molar-refractivity contribution in [3.63, 3.8) is 0 Å². The maximum absolute atomic E-state index is 14.1. The highest BCUT2D eigenvalue weighted by Gasteiger charge is 2.24. The van der Waals surface area contributed by atoms with Crippen molar-refractivity contribution in [2.45, 2.75) is 25.4 Å². The molecule has 0 spiro atoms. The number of nitrogens with zero attached hydrogens (tertiary/aromatic N) is 3. The summed E-state index contributed by atoms with van der Waals surface area (Å²) in [5, 5.41) is 3.11. The fourth-order valence-corrected chi connectivity index (χ4v) is 3.84. The van der Waals surface area contributed by atoms with E-state index in [9.17, 15) is 8.78 Å². The van der Waals surface area contributed by atoms with E-state index in [0.29, 0.717) is 24.6 Å². The first kappa shape index (κ1) is 20.1. The Bertz CT molecular complexity index is 1220. The molecule has 5 nitrogen and oxygen atoms in total. The molecule has 1 aliphatic rings. The van der Waals surface area contributed by atoms with Crippen molar-refractivity contribution in [3.8, 4) is 11.1 Å². The summed E-state index contributed by atoms with van der Waals surface area (Å²) >= 11 is 0. The molecule has 1 atom stereocenters. The van der Waals surface area contributed by atoms with Crippen molar-refractivity contribution < 1.29 is 13.2 Å². The molecule has 0 amide bonds. The Kier molecular flexibility index (Phi) is 5.46. The molecule has 3 heterocycles. The van der Waals surface area contributed by atoms with Crippen molar-refractivity contribution in [1.29, 1.82) is 0 Å². The van der Waals surface area contributed by atoms with Crippen LogP contribution in [0.25, 0.3) is 11.1 Å². The average molecular weight is 430 g/mol. The molecule has 32 heavy (non-hydrogen) atoms. The quantitative estimate of drug-likeness (QED) is 0.411. The van der Waals surface area contributed by atoms with Gasteiger partial charge in [-0.2, -0.15) is 0 Å². The number of furan rings is 1. The fourth-order valence-electron chi connectivity index (χ4n) is 3.84. The van der Waals surface area contributed by atoms with E-state index in [1.807, 2.05) is 36.4 Å². The molecule has 0 fully saturated rings. The average Bonchev–Trinajstić information content (AvgIpc) is 3.51. The van der Waals surface area contributed by atoms with Gasteiger partial charge in [-0.25, -0.2) is 18.7 Å². The number of rotatable bonds is 6. The number of halogens is 2. The molecule has 1 N–H and O–H groups in total. The summed E-state index contributed by atoms with van der Waals surface area (Å²) in [6.45, 7) is 0.516. The van der Waals surface area contributed by atoms with Crippen LogP contribution < -0.4 is 5.32 Å². The minimum absolute atomic E-state index is 0.00971. The summed E-state index contributed by atoms with van der Waals surface area (Å²) < 4.78 is 33.4. The maximum Gasteiger partial charge on any atom is 0.222 e. The van der Waals surface area contributed by atoms with Gasteiger partial charge in [-0.3, -0.25) is 4.99 Å². The third-order valence-electron chi connectivity index (χ3n) is 5.50. The van der Waals surface area contributed by atoms with Crippen LogP contribution in [0.3, 0.4) is 0 Å². The zero-order valence-electron chi connectivity index (χ0n) is 17.1. The highest BCUT2D eigenvalue weighted by Crippen LogP contribution is 2.33. The second-order valence-corrected chi connectivity index (χ2v) is 7.58. The lowest BCUT2D eigenvalue weighted by molar-refractivity contribution is 0.517. The summed E-state index contributed by atoms with van der Waals surface area (Å²) in [5.41, 5.74) is 3.36. The van der Waals surface area contributed by atoms with E-state index < -0.39 is 11.6 Å². The van der Waals surface area contributed by atoms with Crippen LogP contribution in [0.1, 0.15) is 35.8 Å². The van der Waals surface area contributed by atoms with Gasteiger partial charge in [0.15, 0.2) is 0 Å². The standard InChI is InChI=1S/C25H20F2N4O/c26-20-4-1-5-21(27)24(20)23-11-10-22(31-23)17-8-6-16(7-9-17)18-13-28-25(29-14-18)30-15-19-3-2-12-32-19/h1-9,12-14,22H,10-11,15H2,(H,28,29,30). The van der Waals surface area contributed by atoms with Crippen LogP contribution in [0, 0.1) is 11.6 Å². The SMILES string of the molecule is Fc1cccc(F)c1C1=NC(c2ccc(-c3cnc(NCc4ccco4)nc3)cc2)CC1. The lowest BCUT2D eigenvalue weighted by Gasteiger charge is -2.09. The van der Waals surface area contributed by atoms with Gasteiger partial charge >= 0.3 is 0 Å². The third-order valence-corrected chi connectivity index (χ3v) is 5.50. The number of aliphatic imine (C=N–C) groups is 1. The van der Waals surface area contributed by atoms with E-state index in [1.54, 1.807) is 18.7 Å². The minimum atomic E-state index is -0.568. The van der Waals surface area contributed by atoms with Crippen molar-refractivity contribution in [3.05, 3.63) is 102 Å². The Labute approximate surface area is 183 Å². The molecule has 160 valence electrons. The number of hydrogen-bond acceptors (Lipinski definition) is 5. The molecular weight excluding hydrogens is 410 g/mol. The molecule has 2 aromatic carbocycles. The van der Waals surface area contributed by atoms with E-state index in [1.165, 1.54) is 18.2 Å². The third kappa shape index (κ3) is 4.14. The van der Waals surface area contributed by atoms with Gasteiger partial charge < -0.3 is 9.73 Å². The van der Waals surface area contributed by atoms with E-state index in [0.717, 1.165) is 28.9 Å². The first-order chi connectivity index (χ1) is 15.7. The van der Waals surface area contributed by atoms with Gasteiger partial charge in [0.05, 0.1) is 24.4 Å². The number of hydrogen-bond donors (Lipinski definition) is 1. The fraction of sp³-hybridized carbons (Fsp3) is 0.160. The van der Waals surface area contributed by atoms with Crippen molar-refractivity contribution in [2.75, 3.05) is 5.32 Å². The second-order valence-electron chi connectivity index (χ2n) is 7.58. The van der Waals surface area contributed by atoms with Gasteiger partial charge in [0.2, 0.25) is 5.95 Å². The van der Waals surface area contributed by atoms with E-state index in [2.05, 4.69) is 20.3 Å². The van der Waals surface area contributed by atoms with E-state index >= 15 is 0 Å². The predicted octanol–water partition coefficient (Wildman–Crippen LogP) is 5.95. The Morgan fingerprint density at radius 3 is 2.34 bits per heavy atom. The predicted molar refractivity (Wildman–Crippen MR) is 118 cm³/mol. The maximum atomic E-state index is 14.1. The molecule has 1 aliphatic heterocycles. The summed E-state index contributed by atoms with van der Waals surface area (Å²) in [5.74, 6) is 0.197. The van der Waals surface area contributed by atoms with Crippen LogP contribution in [-0.2, 0) is 6.54 Å². The van der Waals surface area contributed by atoms with Crippen LogP contribution in [0.2, 0.25) is 0 Å². The van der Waals surface area contributed by atoms with Crippen LogP contribution in [0.4, 0.5) is 14.7 Å². The highest BCUT2D eigenvalue weighted by atomic mass is 19.1. The van der Waals surface area contributed by atoms with Crippen LogP contribution in [-0.4, -0.2) is 15.7 Å². The van der Waals surface area contributed by atoms with Crippen molar-refractivity contribution >= 4 is 11.7 Å². The Morgan fingerprint density at radius 1 is 0.906 bits per heavy atom. The van der Waals surface area contributed by atoms with E-state index in [-0.39, 0.29) is 11.6 Å². The van der Waals surface area contributed by atoms with Crippen LogP contribution in [0.15, 0.2) is 82.7 Å². The largest absolute Gasteiger partial charge is 0.467 e. The first-order valence-electron chi connectivity index (χ1n) is 10.4. The molecule has 0 saturated heterocycles. The Balaban J connectivity index is 1.28. The van der Waals surface area contributed by atoms with Crippen LogP contribution in [0.5, 0.6) is 0 Å². The summed E-state index contributed by atoms with van der Waals surface area (Å²) in [6, 6.07) is 15.5. The zero-order chi connectivity index (χ0) is 21.9. The van der Waals surface area contributed by atoms with Gasteiger partial charge in [-0.15, -0.1) is 0 Å². The molecule has 5 rings (SSSR count). The number of benzene rings is 2. The van der Waals surface area contributed by atoms with Gasteiger partial charge in [-0.1, -0.05) is 30.3 Å². The molecular formula is C25H20F2N4O. The summed E-state index contributed by atoms with van der Waals surface area (Å²) in [7, 11) is 0. The molecule has 0 saturated carbocycles. The lowest BCUT2D eigenvalue weighted by Crippen LogP contribution is -2.03. The van der Waals surface area contributed by atoms with Gasteiger partial charge in [-0.05, 0) is 48.2 Å². The Hall–Kier alpha value is -3.87. The lowest BCUT2D eigenvalue weighted by atomic mass is 10.0. The first-order valence-corrected chi connectivity index (χ1v) is 10.4.